The molecule has 0 radical (unpaired) electrons. The van der Waals surface area contributed by atoms with Crippen LogP contribution in [-0.4, -0.2) is 12.6 Å². The Morgan fingerprint density at radius 2 is 1.93 bits per heavy atom. The van der Waals surface area contributed by atoms with Gasteiger partial charge in [0.2, 0.25) is 0 Å². The van der Waals surface area contributed by atoms with Crippen LogP contribution in [0, 0.1) is 11.8 Å². The van der Waals surface area contributed by atoms with Gasteiger partial charge in [0, 0.05) is 12.6 Å². The van der Waals surface area contributed by atoms with Crippen LogP contribution < -0.4 is 5.32 Å². The van der Waals surface area contributed by atoms with Gasteiger partial charge in [-0.05, 0) is 51.4 Å². The highest BCUT2D eigenvalue weighted by Crippen LogP contribution is 2.43. The molecule has 15 heavy (non-hydrogen) atoms. The topological polar surface area (TPSA) is 12.0 Å². The molecule has 0 aliphatic heterocycles. The summed E-state index contributed by atoms with van der Waals surface area (Å²) in [5, 5.41) is 3.69. The fraction of sp³-hybridized carbons (Fsp3) is 0.857. The number of hydrogen-bond donors (Lipinski definition) is 1. The van der Waals surface area contributed by atoms with Gasteiger partial charge in [0.05, 0.1) is 0 Å². The molecule has 2 saturated carbocycles. The molecular formula is C14H25N. The third-order valence-corrected chi connectivity index (χ3v) is 3.92. The highest BCUT2D eigenvalue weighted by Gasteiger charge is 2.34. The molecular weight excluding hydrogens is 182 g/mol. The molecule has 1 nitrogen and oxygen atoms in total. The molecule has 0 saturated heterocycles. The predicted octanol–water partition coefficient (Wildman–Crippen LogP) is 3.51. The van der Waals surface area contributed by atoms with Gasteiger partial charge in [-0.25, -0.2) is 0 Å². The fourth-order valence-electron chi connectivity index (χ4n) is 2.84. The molecule has 2 aliphatic rings. The standard InChI is InChI=1S/C14H25N/c1-11(2)8-9-15-14-5-3-4-13(10-14)12-6-7-12/h8,12-15H,3-7,9-10H2,1-2H3. The smallest absolute Gasteiger partial charge is 0.0139 e. The maximum atomic E-state index is 3.69. The van der Waals surface area contributed by atoms with E-state index in [9.17, 15) is 0 Å². The van der Waals surface area contributed by atoms with E-state index in [2.05, 4.69) is 25.2 Å². The largest absolute Gasteiger partial charge is 0.311 e. The Morgan fingerprint density at radius 1 is 1.13 bits per heavy atom. The molecule has 1 heteroatoms. The van der Waals surface area contributed by atoms with Gasteiger partial charge < -0.3 is 5.32 Å². The molecule has 0 heterocycles. The predicted molar refractivity (Wildman–Crippen MR) is 65.9 cm³/mol. The van der Waals surface area contributed by atoms with Gasteiger partial charge in [0.15, 0.2) is 0 Å². The Bertz CT molecular complexity index is 223. The molecule has 0 spiro atoms. The first kappa shape index (κ1) is 11.2. The quantitative estimate of drug-likeness (QED) is 0.696. The average Bonchev–Trinajstić information content (AvgIpc) is 3.01. The van der Waals surface area contributed by atoms with Crippen LogP contribution in [0.15, 0.2) is 11.6 Å². The van der Waals surface area contributed by atoms with E-state index in [1.165, 1.54) is 44.1 Å². The van der Waals surface area contributed by atoms with Crippen molar-refractivity contribution in [3.63, 3.8) is 0 Å². The van der Waals surface area contributed by atoms with Crippen LogP contribution in [0.4, 0.5) is 0 Å². The summed E-state index contributed by atoms with van der Waals surface area (Å²) >= 11 is 0. The van der Waals surface area contributed by atoms with E-state index in [1.54, 1.807) is 0 Å². The third kappa shape index (κ3) is 3.64. The van der Waals surface area contributed by atoms with Gasteiger partial charge in [0.25, 0.3) is 0 Å². The third-order valence-electron chi connectivity index (χ3n) is 3.92. The lowest BCUT2D eigenvalue weighted by Crippen LogP contribution is -2.34. The van der Waals surface area contributed by atoms with Crippen LogP contribution in [0.3, 0.4) is 0 Å². The minimum atomic E-state index is 0.806. The number of nitrogens with one attached hydrogen (secondary N) is 1. The van der Waals surface area contributed by atoms with E-state index in [0.717, 1.165) is 24.4 Å². The van der Waals surface area contributed by atoms with Crippen molar-refractivity contribution in [3.8, 4) is 0 Å². The maximum absolute atomic E-state index is 3.69. The van der Waals surface area contributed by atoms with Crippen molar-refractivity contribution >= 4 is 0 Å². The summed E-state index contributed by atoms with van der Waals surface area (Å²) in [4.78, 5) is 0. The second-order valence-corrected chi connectivity index (χ2v) is 5.65. The van der Waals surface area contributed by atoms with Gasteiger partial charge in [0.1, 0.15) is 0 Å². The fourth-order valence-corrected chi connectivity index (χ4v) is 2.84. The van der Waals surface area contributed by atoms with E-state index >= 15 is 0 Å². The summed E-state index contributed by atoms with van der Waals surface area (Å²) in [6.07, 6.45) is 11.2. The molecule has 0 aromatic heterocycles. The molecule has 2 rings (SSSR count). The highest BCUT2D eigenvalue weighted by atomic mass is 14.9. The summed E-state index contributed by atoms with van der Waals surface area (Å²) in [6, 6.07) is 0.806. The van der Waals surface area contributed by atoms with Crippen LogP contribution in [-0.2, 0) is 0 Å². The van der Waals surface area contributed by atoms with Gasteiger partial charge in [-0.15, -0.1) is 0 Å². The Morgan fingerprint density at radius 3 is 2.60 bits per heavy atom. The molecule has 2 fully saturated rings. The molecule has 2 aliphatic carbocycles. The molecule has 0 aromatic rings. The lowest BCUT2D eigenvalue weighted by atomic mass is 9.83. The van der Waals surface area contributed by atoms with Gasteiger partial charge in [-0.2, -0.15) is 0 Å². The van der Waals surface area contributed by atoms with E-state index in [-0.39, 0.29) is 0 Å². The molecule has 0 amide bonds. The average molecular weight is 207 g/mol. The van der Waals surface area contributed by atoms with E-state index in [1.807, 2.05) is 0 Å². The van der Waals surface area contributed by atoms with Gasteiger partial charge in [-0.1, -0.05) is 24.5 Å². The number of rotatable bonds is 4. The minimum absolute atomic E-state index is 0.806. The van der Waals surface area contributed by atoms with Crippen molar-refractivity contribution in [1.29, 1.82) is 0 Å². The molecule has 0 aromatic carbocycles. The lowest BCUT2D eigenvalue weighted by Gasteiger charge is -2.29. The van der Waals surface area contributed by atoms with E-state index in [4.69, 9.17) is 0 Å². The van der Waals surface area contributed by atoms with E-state index in [0.29, 0.717) is 0 Å². The highest BCUT2D eigenvalue weighted by molar-refractivity contribution is 4.96. The first-order chi connectivity index (χ1) is 7.25. The summed E-state index contributed by atoms with van der Waals surface area (Å²) in [7, 11) is 0. The van der Waals surface area contributed by atoms with Crippen LogP contribution in [0.25, 0.3) is 0 Å². The van der Waals surface area contributed by atoms with Crippen molar-refractivity contribution in [3.05, 3.63) is 11.6 Å². The zero-order valence-corrected chi connectivity index (χ0v) is 10.3. The molecule has 0 bridgehead atoms. The van der Waals surface area contributed by atoms with Gasteiger partial charge in [-0.3, -0.25) is 0 Å². The molecule has 86 valence electrons. The van der Waals surface area contributed by atoms with Crippen molar-refractivity contribution in [2.24, 2.45) is 11.8 Å². The molecule has 1 N–H and O–H groups in total. The summed E-state index contributed by atoms with van der Waals surface area (Å²) in [6.45, 7) is 5.43. The summed E-state index contributed by atoms with van der Waals surface area (Å²) in [5.41, 5.74) is 1.43. The maximum Gasteiger partial charge on any atom is 0.0139 e. The van der Waals surface area contributed by atoms with Crippen molar-refractivity contribution in [2.45, 2.75) is 58.4 Å². The van der Waals surface area contributed by atoms with Crippen LogP contribution >= 0.6 is 0 Å². The zero-order chi connectivity index (χ0) is 10.7. The summed E-state index contributed by atoms with van der Waals surface area (Å²) in [5.74, 6) is 2.17. The Kier molecular flexibility index (Phi) is 3.85. The Hall–Kier alpha value is -0.300. The van der Waals surface area contributed by atoms with Crippen LogP contribution in [0.1, 0.15) is 52.4 Å². The zero-order valence-electron chi connectivity index (χ0n) is 10.3. The Labute approximate surface area is 94.3 Å². The second-order valence-electron chi connectivity index (χ2n) is 5.65. The van der Waals surface area contributed by atoms with Gasteiger partial charge >= 0.3 is 0 Å². The van der Waals surface area contributed by atoms with Crippen LogP contribution in [0.2, 0.25) is 0 Å². The monoisotopic (exact) mass is 207 g/mol. The Balaban J connectivity index is 1.70. The normalized spacial score (nSPS) is 31.3. The molecule has 2 unspecified atom stereocenters. The van der Waals surface area contributed by atoms with Crippen LogP contribution in [0.5, 0.6) is 0 Å². The molecule has 2 atom stereocenters. The van der Waals surface area contributed by atoms with Crippen molar-refractivity contribution in [1.82, 2.24) is 5.32 Å². The minimum Gasteiger partial charge on any atom is -0.311 e. The first-order valence-electron chi connectivity index (χ1n) is 6.62. The summed E-state index contributed by atoms with van der Waals surface area (Å²) < 4.78 is 0. The SMILES string of the molecule is CC(C)=CCNC1CCCC(C2CC2)C1. The second kappa shape index (κ2) is 5.16. The number of hydrogen-bond acceptors (Lipinski definition) is 1. The lowest BCUT2D eigenvalue weighted by molar-refractivity contribution is 0.265. The van der Waals surface area contributed by atoms with Crippen molar-refractivity contribution in [2.75, 3.05) is 6.54 Å². The number of allylic oxidation sites excluding steroid dienone is 1. The van der Waals surface area contributed by atoms with Crippen molar-refractivity contribution < 1.29 is 0 Å². The van der Waals surface area contributed by atoms with E-state index < -0.39 is 0 Å². The first-order valence-corrected chi connectivity index (χ1v) is 6.62.